The van der Waals surface area contributed by atoms with Gasteiger partial charge in [-0.1, -0.05) is 22.0 Å². The minimum atomic E-state index is -1.15. The maximum absolute atomic E-state index is 13.7. The smallest absolute Gasteiger partial charge is 0.139 e. The SMILES string of the molecule is Fc1ccc(CC2(F)CNC2)c(Br)c1. The van der Waals surface area contributed by atoms with Crippen LogP contribution in [0, 0.1) is 5.82 Å². The van der Waals surface area contributed by atoms with E-state index in [2.05, 4.69) is 21.2 Å². The van der Waals surface area contributed by atoms with Crippen molar-refractivity contribution in [3.05, 3.63) is 34.1 Å². The third kappa shape index (κ3) is 1.96. The van der Waals surface area contributed by atoms with Gasteiger partial charge in [0.05, 0.1) is 0 Å². The zero-order valence-corrected chi connectivity index (χ0v) is 9.07. The molecule has 2 rings (SSSR count). The summed E-state index contributed by atoms with van der Waals surface area (Å²) < 4.78 is 27.1. The Morgan fingerprint density at radius 3 is 2.64 bits per heavy atom. The van der Waals surface area contributed by atoms with Crippen molar-refractivity contribution in [3.8, 4) is 0 Å². The fourth-order valence-corrected chi connectivity index (χ4v) is 2.02. The van der Waals surface area contributed by atoms with E-state index in [-0.39, 0.29) is 5.82 Å². The second-order valence-electron chi connectivity index (χ2n) is 3.67. The number of alkyl halides is 1. The van der Waals surface area contributed by atoms with E-state index >= 15 is 0 Å². The lowest BCUT2D eigenvalue weighted by Gasteiger charge is -2.35. The first-order valence-corrected chi connectivity index (χ1v) is 5.22. The maximum Gasteiger partial charge on any atom is 0.139 e. The van der Waals surface area contributed by atoms with Crippen LogP contribution in [0.2, 0.25) is 0 Å². The molecule has 0 amide bonds. The van der Waals surface area contributed by atoms with Gasteiger partial charge in [0.15, 0.2) is 0 Å². The van der Waals surface area contributed by atoms with Crippen LogP contribution < -0.4 is 5.32 Å². The van der Waals surface area contributed by atoms with Gasteiger partial charge in [0.2, 0.25) is 0 Å². The molecule has 0 radical (unpaired) electrons. The number of rotatable bonds is 2. The van der Waals surface area contributed by atoms with Crippen LogP contribution in [0.4, 0.5) is 8.78 Å². The lowest BCUT2D eigenvalue weighted by Crippen LogP contribution is -2.57. The van der Waals surface area contributed by atoms with Crippen molar-refractivity contribution in [1.29, 1.82) is 0 Å². The molecule has 1 N–H and O–H groups in total. The van der Waals surface area contributed by atoms with E-state index in [1.54, 1.807) is 6.07 Å². The minimum absolute atomic E-state index is 0.305. The first kappa shape index (κ1) is 10.1. The minimum Gasteiger partial charge on any atom is -0.310 e. The topological polar surface area (TPSA) is 12.0 Å². The lowest BCUT2D eigenvalue weighted by molar-refractivity contribution is 0.0910. The van der Waals surface area contributed by atoms with E-state index in [1.807, 2.05) is 0 Å². The quantitative estimate of drug-likeness (QED) is 0.863. The molecule has 1 aliphatic rings. The summed E-state index contributed by atoms with van der Waals surface area (Å²) in [6.45, 7) is 0.771. The summed E-state index contributed by atoms with van der Waals surface area (Å²) in [4.78, 5) is 0. The van der Waals surface area contributed by atoms with Crippen molar-refractivity contribution in [3.63, 3.8) is 0 Å². The molecular weight excluding hydrogens is 252 g/mol. The standard InChI is InChI=1S/C10H10BrF2N/c11-9-3-8(12)2-1-7(9)4-10(13)5-14-6-10/h1-3,14H,4-6H2. The molecule has 0 bridgehead atoms. The highest BCUT2D eigenvalue weighted by molar-refractivity contribution is 9.10. The number of hydrogen-bond acceptors (Lipinski definition) is 1. The van der Waals surface area contributed by atoms with Crippen LogP contribution >= 0.6 is 15.9 Å². The summed E-state index contributed by atoms with van der Waals surface area (Å²) in [6.07, 6.45) is 0.334. The molecule has 0 aliphatic carbocycles. The molecule has 0 unspecified atom stereocenters. The lowest BCUT2D eigenvalue weighted by atomic mass is 9.91. The summed E-state index contributed by atoms with van der Waals surface area (Å²) in [5.41, 5.74) is -0.337. The molecule has 1 aromatic carbocycles. The van der Waals surface area contributed by atoms with Crippen molar-refractivity contribution in [1.82, 2.24) is 5.32 Å². The second-order valence-corrected chi connectivity index (χ2v) is 4.52. The Bertz CT molecular complexity index is 350. The third-order valence-electron chi connectivity index (χ3n) is 2.41. The van der Waals surface area contributed by atoms with Crippen LogP contribution in [-0.4, -0.2) is 18.8 Å². The molecule has 0 atom stereocenters. The monoisotopic (exact) mass is 261 g/mol. The molecule has 1 saturated heterocycles. The fraction of sp³-hybridized carbons (Fsp3) is 0.400. The van der Waals surface area contributed by atoms with Crippen LogP contribution in [0.1, 0.15) is 5.56 Å². The summed E-state index contributed by atoms with van der Waals surface area (Å²) in [5.74, 6) is -0.305. The molecule has 76 valence electrons. The zero-order valence-electron chi connectivity index (χ0n) is 7.49. The Morgan fingerprint density at radius 2 is 2.14 bits per heavy atom. The van der Waals surface area contributed by atoms with Gasteiger partial charge in [-0.05, 0) is 17.7 Å². The predicted octanol–water partition coefficient (Wildman–Crippen LogP) is 2.44. The molecule has 0 saturated carbocycles. The van der Waals surface area contributed by atoms with Crippen LogP contribution in [-0.2, 0) is 6.42 Å². The van der Waals surface area contributed by atoms with E-state index in [0.29, 0.717) is 24.0 Å². The molecule has 1 fully saturated rings. The van der Waals surface area contributed by atoms with Crippen molar-refractivity contribution in [2.24, 2.45) is 0 Å². The van der Waals surface area contributed by atoms with E-state index in [0.717, 1.165) is 5.56 Å². The molecular formula is C10H10BrF2N. The summed E-state index contributed by atoms with van der Waals surface area (Å²) in [5, 5.41) is 2.89. The van der Waals surface area contributed by atoms with Gasteiger partial charge in [-0.25, -0.2) is 8.78 Å². The van der Waals surface area contributed by atoms with Gasteiger partial charge in [0.1, 0.15) is 11.5 Å². The molecule has 14 heavy (non-hydrogen) atoms. The normalized spacial score (nSPS) is 19.1. The summed E-state index contributed by atoms with van der Waals surface area (Å²) in [6, 6.07) is 4.35. The van der Waals surface area contributed by atoms with E-state index in [1.165, 1.54) is 12.1 Å². The van der Waals surface area contributed by atoms with Crippen molar-refractivity contribution >= 4 is 15.9 Å². The first-order valence-electron chi connectivity index (χ1n) is 4.43. The van der Waals surface area contributed by atoms with Crippen LogP contribution in [0.3, 0.4) is 0 Å². The average Bonchev–Trinajstić information content (AvgIpc) is 2.07. The molecule has 0 spiro atoms. The van der Waals surface area contributed by atoms with Gasteiger partial charge in [-0.3, -0.25) is 0 Å². The van der Waals surface area contributed by atoms with Gasteiger partial charge in [-0.15, -0.1) is 0 Å². The van der Waals surface area contributed by atoms with Gasteiger partial charge >= 0.3 is 0 Å². The molecule has 4 heteroatoms. The third-order valence-corrected chi connectivity index (χ3v) is 3.14. The Kier molecular flexibility index (Phi) is 2.58. The number of nitrogens with one attached hydrogen (secondary N) is 1. The van der Waals surface area contributed by atoms with Gasteiger partial charge < -0.3 is 5.32 Å². The maximum atomic E-state index is 13.7. The molecule has 0 aromatic heterocycles. The number of halogens is 3. The van der Waals surface area contributed by atoms with E-state index < -0.39 is 5.67 Å². The largest absolute Gasteiger partial charge is 0.310 e. The average molecular weight is 262 g/mol. The van der Waals surface area contributed by atoms with Crippen molar-refractivity contribution < 1.29 is 8.78 Å². The van der Waals surface area contributed by atoms with E-state index in [4.69, 9.17) is 0 Å². The fourth-order valence-electron chi connectivity index (χ4n) is 1.53. The molecule has 1 aliphatic heterocycles. The first-order chi connectivity index (χ1) is 6.59. The van der Waals surface area contributed by atoms with Gasteiger partial charge in [-0.2, -0.15) is 0 Å². The summed E-state index contributed by atoms with van der Waals surface area (Å²) >= 11 is 3.23. The molecule has 1 heterocycles. The predicted molar refractivity (Wildman–Crippen MR) is 54.5 cm³/mol. The summed E-state index contributed by atoms with van der Waals surface area (Å²) in [7, 11) is 0. The van der Waals surface area contributed by atoms with Crippen LogP contribution in [0.25, 0.3) is 0 Å². The van der Waals surface area contributed by atoms with Crippen LogP contribution in [0.15, 0.2) is 22.7 Å². The van der Waals surface area contributed by atoms with Crippen molar-refractivity contribution in [2.75, 3.05) is 13.1 Å². The highest BCUT2D eigenvalue weighted by Gasteiger charge is 2.37. The van der Waals surface area contributed by atoms with E-state index in [9.17, 15) is 8.78 Å². The number of hydrogen-bond donors (Lipinski definition) is 1. The Morgan fingerprint density at radius 1 is 1.43 bits per heavy atom. The Labute approximate surface area is 89.6 Å². The molecule has 1 aromatic rings. The highest BCUT2D eigenvalue weighted by Crippen LogP contribution is 2.27. The Balaban J connectivity index is 2.16. The van der Waals surface area contributed by atoms with Gasteiger partial charge in [0, 0.05) is 24.0 Å². The zero-order chi connectivity index (χ0) is 10.2. The Hall–Kier alpha value is -0.480. The molecule has 1 nitrogen and oxygen atoms in total. The van der Waals surface area contributed by atoms with Crippen LogP contribution in [0.5, 0.6) is 0 Å². The van der Waals surface area contributed by atoms with Crippen molar-refractivity contribution in [2.45, 2.75) is 12.1 Å². The second kappa shape index (κ2) is 3.59. The van der Waals surface area contributed by atoms with Gasteiger partial charge in [0.25, 0.3) is 0 Å². The highest BCUT2D eigenvalue weighted by atomic mass is 79.9. The number of benzene rings is 1.